The molecule has 4 aromatic rings. The van der Waals surface area contributed by atoms with Gasteiger partial charge in [0, 0.05) is 82.1 Å². The number of fused-ring (bicyclic) bond motifs is 4. The third-order valence-electron chi connectivity index (χ3n) is 9.00. The fourth-order valence-electron chi connectivity index (χ4n) is 6.74. The van der Waals surface area contributed by atoms with Crippen LogP contribution in [-0.4, -0.2) is 87.8 Å². The Hall–Kier alpha value is -4.03. The molecule has 1 aromatic carbocycles. The Kier molecular flexibility index (Phi) is 6.72. The first-order valence-corrected chi connectivity index (χ1v) is 16.5. The fourth-order valence-corrected chi connectivity index (χ4v) is 7.78. The summed E-state index contributed by atoms with van der Waals surface area (Å²) in [6, 6.07) is 0.561. The van der Waals surface area contributed by atoms with E-state index < -0.39 is 43.1 Å². The topological polar surface area (TPSA) is 120 Å². The third-order valence-corrected chi connectivity index (χ3v) is 10.1. The Morgan fingerprint density at radius 1 is 1.17 bits per heavy atom. The van der Waals surface area contributed by atoms with Gasteiger partial charge in [0.25, 0.3) is 0 Å². The van der Waals surface area contributed by atoms with Gasteiger partial charge in [-0.2, -0.15) is 5.26 Å². The Bertz CT molecular complexity index is 2170. The SMILES string of the molecule is [2H]C([2H])([2H])C(N1CCN([C@H]2CCN(c3ncc4c5c(c(-c6ncc(F)c7sc(NC(=O)OC(C)(C)C)c(C#N)c67)c(F)c4n3)COC5)C2)CC1)C([2H])([2H])[2H]. The second-order valence-electron chi connectivity index (χ2n) is 13.1. The van der Waals surface area contributed by atoms with Crippen molar-refractivity contribution in [2.24, 2.45) is 0 Å². The van der Waals surface area contributed by atoms with Gasteiger partial charge < -0.3 is 14.4 Å². The highest BCUT2D eigenvalue weighted by molar-refractivity contribution is 7.23. The number of benzene rings is 1. The largest absolute Gasteiger partial charge is 0.444 e. The lowest BCUT2D eigenvalue weighted by molar-refractivity contribution is 0.0636. The van der Waals surface area contributed by atoms with Gasteiger partial charge in [0.05, 0.1) is 35.4 Å². The Labute approximate surface area is 289 Å². The highest BCUT2D eigenvalue weighted by Crippen LogP contribution is 2.46. The van der Waals surface area contributed by atoms with E-state index in [-0.39, 0.29) is 56.7 Å². The van der Waals surface area contributed by atoms with Crippen LogP contribution in [0.1, 0.15) is 65.8 Å². The van der Waals surface area contributed by atoms with Crippen LogP contribution >= 0.6 is 11.3 Å². The summed E-state index contributed by atoms with van der Waals surface area (Å²) >= 11 is 0.823. The van der Waals surface area contributed by atoms with Crippen LogP contribution < -0.4 is 10.2 Å². The second kappa shape index (κ2) is 12.5. The van der Waals surface area contributed by atoms with Crippen LogP contribution in [-0.2, 0) is 22.7 Å². The molecule has 14 heteroatoms. The minimum atomic E-state index is -2.64. The van der Waals surface area contributed by atoms with E-state index in [1.165, 1.54) is 4.90 Å². The number of nitrogens with one attached hydrogen (secondary N) is 1. The molecule has 0 aliphatic carbocycles. The van der Waals surface area contributed by atoms with Crippen molar-refractivity contribution in [3.8, 4) is 17.3 Å². The van der Waals surface area contributed by atoms with Gasteiger partial charge in [-0.3, -0.25) is 20.1 Å². The highest BCUT2D eigenvalue weighted by atomic mass is 32.1. The van der Waals surface area contributed by atoms with E-state index in [1.807, 2.05) is 11.0 Å². The lowest BCUT2D eigenvalue weighted by atomic mass is 9.94. The number of carbonyl (C=O) groups excluding carboxylic acids is 1. The summed E-state index contributed by atoms with van der Waals surface area (Å²) in [5.74, 6) is -1.18. The average Bonchev–Trinajstić information content (AvgIpc) is 3.83. The van der Waals surface area contributed by atoms with Gasteiger partial charge in [-0.15, -0.1) is 11.3 Å². The summed E-state index contributed by atoms with van der Waals surface area (Å²) in [6.45, 7) is 2.61. The van der Waals surface area contributed by atoms with E-state index in [1.54, 1.807) is 27.0 Å². The summed E-state index contributed by atoms with van der Waals surface area (Å²) in [5.41, 5.74) is 0.254. The van der Waals surface area contributed by atoms with Crippen molar-refractivity contribution in [2.75, 3.05) is 49.5 Å². The van der Waals surface area contributed by atoms with Crippen LogP contribution in [0.5, 0.6) is 0 Å². The van der Waals surface area contributed by atoms with Crippen molar-refractivity contribution in [1.29, 1.82) is 5.26 Å². The number of nitriles is 1. The number of aromatic nitrogens is 3. The molecular weight excluding hydrogens is 638 g/mol. The molecule has 3 aliphatic rings. The molecule has 6 heterocycles. The van der Waals surface area contributed by atoms with Crippen LogP contribution in [0.15, 0.2) is 12.4 Å². The molecule has 48 heavy (non-hydrogen) atoms. The molecule has 0 spiro atoms. The monoisotopic (exact) mass is 682 g/mol. The smallest absolute Gasteiger partial charge is 0.412 e. The van der Waals surface area contributed by atoms with Crippen molar-refractivity contribution in [1.82, 2.24) is 24.8 Å². The number of nitrogens with zero attached hydrogens (tertiary/aromatic N) is 7. The van der Waals surface area contributed by atoms with Gasteiger partial charge in [-0.1, -0.05) is 0 Å². The molecular formula is C34H38F2N8O3S. The average molecular weight is 683 g/mol. The van der Waals surface area contributed by atoms with Gasteiger partial charge in [0.2, 0.25) is 5.95 Å². The predicted octanol–water partition coefficient (Wildman–Crippen LogP) is 6.04. The lowest BCUT2D eigenvalue weighted by Gasteiger charge is -2.39. The van der Waals surface area contributed by atoms with Crippen molar-refractivity contribution in [2.45, 2.75) is 71.8 Å². The first kappa shape index (κ1) is 25.9. The molecule has 0 saturated carbocycles. The maximum atomic E-state index is 17.0. The van der Waals surface area contributed by atoms with Crippen LogP contribution in [0.25, 0.3) is 32.2 Å². The van der Waals surface area contributed by atoms with E-state index in [4.69, 9.17) is 22.7 Å². The number of hydrogen-bond donors (Lipinski definition) is 1. The summed E-state index contributed by atoms with van der Waals surface area (Å²) in [5, 5.41) is 13.3. The van der Waals surface area contributed by atoms with Crippen LogP contribution in [0.3, 0.4) is 0 Å². The molecule has 0 radical (unpaired) electrons. The summed E-state index contributed by atoms with van der Waals surface area (Å²) in [7, 11) is 0. The standard InChI is InChI=1S/C34H38F2N8O3S/c1-18(2)42-8-10-43(11-9-42)19-6-7-44(15-19)32-39-13-21-22-16-46-17-23(22)25(27(36)28(21)40-32)29-26-20(12-37)31(41-33(45)47-34(3,4)5)48-30(26)24(35)14-38-29/h13-14,18-19H,6-11,15-17H2,1-5H3,(H,41,45)/t19-/m0/s1/i1D3,2D3. The van der Waals surface area contributed by atoms with E-state index in [0.717, 1.165) is 24.0 Å². The van der Waals surface area contributed by atoms with Crippen LogP contribution in [0, 0.1) is 23.0 Å². The molecule has 3 aromatic heterocycles. The second-order valence-corrected chi connectivity index (χ2v) is 14.2. The molecule has 1 atom stereocenters. The van der Waals surface area contributed by atoms with Crippen molar-refractivity contribution in [3.63, 3.8) is 0 Å². The highest BCUT2D eigenvalue weighted by Gasteiger charge is 2.34. The summed E-state index contributed by atoms with van der Waals surface area (Å²) in [6.07, 6.45) is 2.43. The van der Waals surface area contributed by atoms with Gasteiger partial charge in [-0.05, 0) is 52.0 Å². The number of amides is 1. The number of rotatable bonds is 5. The first-order chi connectivity index (χ1) is 25.4. The number of pyridine rings is 1. The number of carbonyl (C=O) groups is 1. The van der Waals surface area contributed by atoms with Crippen molar-refractivity contribution < 1.29 is 31.3 Å². The number of ether oxygens (including phenoxy) is 2. The minimum Gasteiger partial charge on any atom is -0.444 e. The zero-order valence-electron chi connectivity index (χ0n) is 32.7. The van der Waals surface area contributed by atoms with Crippen molar-refractivity contribution >= 4 is 49.4 Å². The summed E-state index contributed by atoms with van der Waals surface area (Å²) in [4.78, 5) is 31.9. The van der Waals surface area contributed by atoms with Gasteiger partial charge in [0.15, 0.2) is 11.6 Å². The molecule has 7 rings (SSSR count). The first-order valence-electron chi connectivity index (χ1n) is 18.7. The van der Waals surface area contributed by atoms with Gasteiger partial charge in [0.1, 0.15) is 22.2 Å². The van der Waals surface area contributed by atoms with Crippen molar-refractivity contribution in [3.05, 3.63) is 40.7 Å². The zero-order chi connectivity index (χ0) is 38.9. The molecule has 252 valence electrons. The number of piperazine rings is 1. The Morgan fingerprint density at radius 2 is 1.94 bits per heavy atom. The number of thiophene rings is 1. The normalized spacial score (nSPS) is 21.4. The molecule has 3 aliphatic heterocycles. The van der Waals surface area contributed by atoms with E-state index >= 15 is 8.78 Å². The molecule has 1 N–H and O–H groups in total. The van der Waals surface area contributed by atoms with E-state index in [2.05, 4.69) is 20.2 Å². The number of halogens is 2. The number of anilines is 2. The molecule has 0 unspecified atom stereocenters. The summed E-state index contributed by atoms with van der Waals surface area (Å²) < 4.78 is 90.3. The zero-order valence-corrected chi connectivity index (χ0v) is 27.5. The maximum Gasteiger partial charge on any atom is 0.412 e. The molecule has 1 amide bonds. The number of hydrogen-bond acceptors (Lipinski definition) is 11. The van der Waals surface area contributed by atoms with Crippen LogP contribution in [0.2, 0.25) is 0 Å². The van der Waals surface area contributed by atoms with E-state index in [9.17, 15) is 10.1 Å². The fraction of sp³-hybridized carbons (Fsp3) is 0.500. The minimum absolute atomic E-state index is 0.00872. The lowest BCUT2D eigenvalue weighted by Crippen LogP contribution is -2.52. The Balaban J connectivity index is 1.20. The molecule has 11 nitrogen and oxygen atoms in total. The van der Waals surface area contributed by atoms with Gasteiger partial charge in [-0.25, -0.2) is 23.5 Å². The quantitative estimate of drug-likeness (QED) is 0.267. The van der Waals surface area contributed by atoms with Crippen LogP contribution in [0.4, 0.5) is 24.5 Å². The molecule has 2 fully saturated rings. The van der Waals surface area contributed by atoms with Gasteiger partial charge >= 0.3 is 6.09 Å². The Morgan fingerprint density at radius 3 is 2.67 bits per heavy atom. The maximum absolute atomic E-state index is 17.0. The third kappa shape index (κ3) is 5.83. The van der Waals surface area contributed by atoms with E-state index in [0.29, 0.717) is 61.7 Å². The predicted molar refractivity (Wildman–Crippen MR) is 180 cm³/mol. The molecule has 0 bridgehead atoms. The molecule has 2 saturated heterocycles.